The Kier molecular flexibility index (Phi) is 4.02. The average molecular weight is 326 g/mol. The highest BCUT2D eigenvalue weighted by atomic mass is 32.2. The van der Waals surface area contributed by atoms with Crippen LogP contribution in [0.1, 0.15) is 49.3 Å². The highest BCUT2D eigenvalue weighted by Gasteiger charge is 2.37. The van der Waals surface area contributed by atoms with Crippen LogP contribution in [-0.2, 0) is 10.2 Å². The summed E-state index contributed by atoms with van der Waals surface area (Å²) < 4.78 is 39.6. The van der Waals surface area contributed by atoms with Gasteiger partial charge in [-0.05, 0) is 38.8 Å². The van der Waals surface area contributed by atoms with Crippen molar-refractivity contribution in [1.82, 2.24) is 19.2 Å². The van der Waals surface area contributed by atoms with E-state index in [1.54, 1.807) is 32.2 Å². The molecule has 0 aromatic carbocycles. The Bertz CT molecular complexity index is 725. The number of rotatable bonds is 5. The largest absolute Gasteiger partial charge is 0.468 e. The van der Waals surface area contributed by atoms with Gasteiger partial charge in [0.25, 0.3) is 10.2 Å². The molecule has 1 aliphatic heterocycles. The maximum Gasteiger partial charge on any atom is 0.280 e. The zero-order valence-electron chi connectivity index (χ0n) is 12.4. The van der Waals surface area contributed by atoms with Crippen LogP contribution in [0.15, 0.2) is 27.3 Å². The topological polar surface area (TPSA) is 101 Å². The standard InChI is InChI=1S/C13H18N4O4S/c1-9(13-14-10(2)15-21-13)16-22(18,19)17-7-3-5-11(17)12-6-4-8-20-12/h4,6,8-9,11,16H,3,5,7H2,1-2H3. The normalized spacial score (nSPS) is 21.3. The maximum absolute atomic E-state index is 12.6. The fourth-order valence-corrected chi connectivity index (χ4v) is 4.22. The second-order valence-electron chi connectivity index (χ2n) is 5.31. The van der Waals surface area contributed by atoms with Gasteiger partial charge in [0.15, 0.2) is 5.82 Å². The summed E-state index contributed by atoms with van der Waals surface area (Å²) in [6.07, 6.45) is 3.08. The zero-order chi connectivity index (χ0) is 15.7. The molecule has 1 N–H and O–H groups in total. The Balaban J connectivity index is 1.77. The van der Waals surface area contributed by atoms with Crippen molar-refractivity contribution in [3.8, 4) is 0 Å². The van der Waals surface area contributed by atoms with Crippen LogP contribution in [-0.4, -0.2) is 29.4 Å². The van der Waals surface area contributed by atoms with E-state index in [0.717, 1.165) is 12.8 Å². The summed E-state index contributed by atoms with van der Waals surface area (Å²) >= 11 is 0. The molecule has 0 amide bonds. The number of hydrogen-bond donors (Lipinski definition) is 1. The Morgan fingerprint density at radius 3 is 2.95 bits per heavy atom. The van der Waals surface area contributed by atoms with Crippen LogP contribution in [0.25, 0.3) is 0 Å². The third kappa shape index (κ3) is 2.92. The minimum atomic E-state index is -3.68. The summed E-state index contributed by atoms with van der Waals surface area (Å²) in [4.78, 5) is 4.05. The van der Waals surface area contributed by atoms with Crippen molar-refractivity contribution >= 4 is 10.2 Å². The van der Waals surface area contributed by atoms with Gasteiger partial charge in [-0.3, -0.25) is 0 Å². The lowest BCUT2D eigenvalue weighted by Gasteiger charge is -2.24. The van der Waals surface area contributed by atoms with Crippen LogP contribution in [0.3, 0.4) is 0 Å². The Labute approximate surface area is 128 Å². The predicted molar refractivity (Wildman–Crippen MR) is 76.9 cm³/mol. The summed E-state index contributed by atoms with van der Waals surface area (Å²) in [5.74, 6) is 1.37. The van der Waals surface area contributed by atoms with Crippen molar-refractivity contribution < 1.29 is 17.4 Å². The number of nitrogens with one attached hydrogen (secondary N) is 1. The molecule has 8 nitrogen and oxygen atoms in total. The van der Waals surface area contributed by atoms with Gasteiger partial charge < -0.3 is 8.94 Å². The summed E-state index contributed by atoms with van der Waals surface area (Å²) in [7, 11) is -3.68. The zero-order valence-corrected chi connectivity index (χ0v) is 13.2. The van der Waals surface area contributed by atoms with Crippen molar-refractivity contribution in [3.05, 3.63) is 35.9 Å². The summed E-state index contributed by atoms with van der Waals surface area (Å²) in [6.45, 7) is 3.81. The monoisotopic (exact) mass is 326 g/mol. The highest BCUT2D eigenvalue weighted by Crippen LogP contribution is 2.34. The van der Waals surface area contributed by atoms with Gasteiger partial charge in [0.05, 0.1) is 18.3 Å². The molecule has 9 heteroatoms. The van der Waals surface area contributed by atoms with Gasteiger partial charge in [0, 0.05) is 6.54 Å². The number of furan rings is 1. The van der Waals surface area contributed by atoms with E-state index in [0.29, 0.717) is 18.1 Å². The first-order chi connectivity index (χ1) is 10.5. The SMILES string of the molecule is Cc1noc(C(C)NS(=O)(=O)N2CCCC2c2ccco2)n1. The Hall–Kier alpha value is -1.71. The summed E-state index contributed by atoms with van der Waals surface area (Å²) in [5.41, 5.74) is 0. The van der Waals surface area contributed by atoms with E-state index < -0.39 is 16.3 Å². The molecule has 1 aliphatic rings. The average Bonchev–Trinajstić information content (AvgIpc) is 3.19. The third-order valence-electron chi connectivity index (χ3n) is 3.62. The minimum Gasteiger partial charge on any atom is -0.468 e. The predicted octanol–water partition coefficient (Wildman–Crippen LogP) is 1.70. The van der Waals surface area contributed by atoms with E-state index in [4.69, 9.17) is 8.94 Å². The fraction of sp³-hybridized carbons (Fsp3) is 0.538. The first-order valence-corrected chi connectivity index (χ1v) is 8.54. The first kappa shape index (κ1) is 15.2. The van der Waals surface area contributed by atoms with Crippen molar-refractivity contribution in [1.29, 1.82) is 0 Å². The van der Waals surface area contributed by atoms with Crippen LogP contribution in [0, 0.1) is 6.92 Å². The summed E-state index contributed by atoms with van der Waals surface area (Å²) in [6, 6.07) is 2.69. The molecule has 120 valence electrons. The van der Waals surface area contributed by atoms with Gasteiger partial charge in [-0.15, -0.1) is 0 Å². The highest BCUT2D eigenvalue weighted by molar-refractivity contribution is 7.87. The molecule has 1 saturated heterocycles. The van der Waals surface area contributed by atoms with Gasteiger partial charge in [-0.1, -0.05) is 5.16 Å². The van der Waals surface area contributed by atoms with E-state index in [1.165, 1.54) is 4.31 Å². The van der Waals surface area contributed by atoms with Gasteiger partial charge in [0.1, 0.15) is 5.76 Å². The number of aromatic nitrogens is 2. The van der Waals surface area contributed by atoms with Gasteiger partial charge >= 0.3 is 0 Å². The van der Waals surface area contributed by atoms with Crippen molar-refractivity contribution in [3.63, 3.8) is 0 Å². The Morgan fingerprint density at radius 1 is 1.50 bits per heavy atom. The van der Waals surface area contributed by atoms with Crippen LogP contribution in [0.2, 0.25) is 0 Å². The lowest BCUT2D eigenvalue weighted by Crippen LogP contribution is -2.41. The molecule has 0 saturated carbocycles. The van der Waals surface area contributed by atoms with Gasteiger partial charge in [-0.25, -0.2) is 0 Å². The third-order valence-corrected chi connectivity index (χ3v) is 5.33. The molecular formula is C13H18N4O4S. The molecular weight excluding hydrogens is 308 g/mol. The molecule has 3 heterocycles. The van der Waals surface area contributed by atoms with Gasteiger partial charge in [-0.2, -0.15) is 22.4 Å². The quantitative estimate of drug-likeness (QED) is 0.897. The molecule has 0 aliphatic carbocycles. The molecule has 0 spiro atoms. The maximum atomic E-state index is 12.6. The molecule has 2 aromatic rings. The van der Waals surface area contributed by atoms with Crippen LogP contribution >= 0.6 is 0 Å². The second-order valence-corrected chi connectivity index (χ2v) is 6.96. The molecule has 0 radical (unpaired) electrons. The number of aryl methyl sites for hydroxylation is 1. The molecule has 2 unspecified atom stereocenters. The molecule has 2 aromatic heterocycles. The minimum absolute atomic E-state index is 0.245. The molecule has 22 heavy (non-hydrogen) atoms. The fourth-order valence-electron chi connectivity index (χ4n) is 2.62. The molecule has 3 rings (SSSR count). The van der Waals surface area contributed by atoms with Gasteiger partial charge in [0.2, 0.25) is 5.89 Å². The lowest BCUT2D eigenvalue weighted by molar-refractivity contribution is 0.322. The van der Waals surface area contributed by atoms with Crippen molar-refractivity contribution in [2.75, 3.05) is 6.54 Å². The number of hydrogen-bond acceptors (Lipinski definition) is 6. The molecule has 1 fully saturated rings. The van der Waals surface area contributed by atoms with E-state index >= 15 is 0 Å². The van der Waals surface area contributed by atoms with E-state index in [1.807, 2.05) is 0 Å². The Morgan fingerprint density at radius 2 is 2.32 bits per heavy atom. The van der Waals surface area contributed by atoms with E-state index in [9.17, 15) is 8.42 Å². The van der Waals surface area contributed by atoms with Crippen molar-refractivity contribution in [2.45, 2.75) is 38.8 Å². The molecule has 2 atom stereocenters. The molecule has 0 bridgehead atoms. The smallest absolute Gasteiger partial charge is 0.280 e. The van der Waals surface area contributed by atoms with E-state index in [-0.39, 0.29) is 11.9 Å². The van der Waals surface area contributed by atoms with Crippen LogP contribution in [0.5, 0.6) is 0 Å². The summed E-state index contributed by atoms with van der Waals surface area (Å²) in [5, 5.41) is 3.67. The number of nitrogens with zero attached hydrogens (tertiary/aromatic N) is 3. The van der Waals surface area contributed by atoms with Crippen LogP contribution in [0.4, 0.5) is 0 Å². The van der Waals surface area contributed by atoms with Crippen LogP contribution < -0.4 is 4.72 Å². The first-order valence-electron chi connectivity index (χ1n) is 7.10. The second kappa shape index (κ2) is 5.82. The van der Waals surface area contributed by atoms with E-state index in [2.05, 4.69) is 14.9 Å². The lowest BCUT2D eigenvalue weighted by atomic mass is 10.2. The van der Waals surface area contributed by atoms with Crippen molar-refractivity contribution in [2.24, 2.45) is 0 Å².